The van der Waals surface area contributed by atoms with Crippen molar-refractivity contribution < 1.29 is 0 Å². The van der Waals surface area contributed by atoms with E-state index >= 15 is 0 Å². The summed E-state index contributed by atoms with van der Waals surface area (Å²) in [6.07, 6.45) is 1.97. The van der Waals surface area contributed by atoms with Gasteiger partial charge in [-0.3, -0.25) is 4.68 Å². The van der Waals surface area contributed by atoms with Crippen LogP contribution in [0.2, 0.25) is 0 Å². The Balaban J connectivity index is 2.31. The molecule has 0 radical (unpaired) electrons. The topological polar surface area (TPSA) is 29.9 Å². The fourth-order valence-electron chi connectivity index (χ4n) is 1.84. The maximum Gasteiger partial charge on any atom is 0.0839 e. The Morgan fingerprint density at radius 1 is 1.29 bits per heavy atom. The lowest BCUT2D eigenvalue weighted by molar-refractivity contribution is 0.600. The van der Waals surface area contributed by atoms with Gasteiger partial charge in [-0.2, -0.15) is 5.10 Å². The molecule has 0 bridgehead atoms. The predicted molar refractivity (Wildman–Crippen MR) is 72.9 cm³/mol. The third-order valence-corrected chi connectivity index (χ3v) is 3.17. The second-order valence-corrected chi connectivity index (χ2v) is 4.87. The van der Waals surface area contributed by atoms with Gasteiger partial charge in [0, 0.05) is 17.7 Å². The largest absolute Gasteiger partial charge is 0.305 e. The van der Waals surface area contributed by atoms with Crippen molar-refractivity contribution in [3.05, 3.63) is 52.3 Å². The SMILES string of the molecule is CCNC(c1ccc(Br)cc1)c1ccn(C)n1. The van der Waals surface area contributed by atoms with Crippen LogP contribution in [0.5, 0.6) is 0 Å². The van der Waals surface area contributed by atoms with E-state index in [0.717, 1.165) is 16.7 Å². The maximum absolute atomic E-state index is 4.47. The summed E-state index contributed by atoms with van der Waals surface area (Å²) < 4.78 is 2.93. The van der Waals surface area contributed by atoms with Crippen LogP contribution in [0.4, 0.5) is 0 Å². The van der Waals surface area contributed by atoms with Crippen LogP contribution in [0.25, 0.3) is 0 Å². The summed E-state index contributed by atoms with van der Waals surface area (Å²) in [5.74, 6) is 0. The van der Waals surface area contributed by atoms with Gasteiger partial charge in [0.25, 0.3) is 0 Å². The normalized spacial score (nSPS) is 12.6. The molecule has 1 unspecified atom stereocenters. The van der Waals surface area contributed by atoms with Crippen LogP contribution < -0.4 is 5.32 Å². The molecule has 0 spiro atoms. The first-order chi connectivity index (χ1) is 8.20. The van der Waals surface area contributed by atoms with Crippen molar-refractivity contribution in [3.8, 4) is 0 Å². The van der Waals surface area contributed by atoms with E-state index in [1.54, 1.807) is 0 Å². The Bertz CT molecular complexity index is 476. The highest BCUT2D eigenvalue weighted by molar-refractivity contribution is 9.10. The molecule has 1 aromatic carbocycles. The molecule has 1 aromatic heterocycles. The summed E-state index contributed by atoms with van der Waals surface area (Å²) >= 11 is 3.45. The lowest BCUT2D eigenvalue weighted by atomic mass is 10.0. The summed E-state index contributed by atoms with van der Waals surface area (Å²) in [6, 6.07) is 10.6. The van der Waals surface area contributed by atoms with E-state index in [9.17, 15) is 0 Å². The molecule has 1 N–H and O–H groups in total. The van der Waals surface area contributed by atoms with Gasteiger partial charge in [-0.25, -0.2) is 0 Å². The Morgan fingerprint density at radius 2 is 2.00 bits per heavy atom. The molecule has 0 fully saturated rings. The Labute approximate surface area is 110 Å². The Morgan fingerprint density at radius 3 is 2.53 bits per heavy atom. The third-order valence-electron chi connectivity index (χ3n) is 2.64. The minimum absolute atomic E-state index is 0.161. The van der Waals surface area contributed by atoms with Crippen molar-refractivity contribution in [2.45, 2.75) is 13.0 Å². The molecule has 0 aliphatic rings. The van der Waals surface area contributed by atoms with Crippen LogP contribution in [-0.2, 0) is 7.05 Å². The molecule has 90 valence electrons. The van der Waals surface area contributed by atoms with Crippen LogP contribution in [0, 0.1) is 0 Å². The zero-order valence-electron chi connectivity index (χ0n) is 10.0. The molecule has 0 aliphatic heterocycles. The monoisotopic (exact) mass is 293 g/mol. The van der Waals surface area contributed by atoms with Crippen LogP contribution in [0.15, 0.2) is 41.0 Å². The fraction of sp³-hybridized carbons (Fsp3) is 0.308. The van der Waals surface area contributed by atoms with Crippen LogP contribution in [-0.4, -0.2) is 16.3 Å². The number of nitrogens with zero attached hydrogens (tertiary/aromatic N) is 2. The molecule has 2 aromatic rings. The van der Waals surface area contributed by atoms with Crippen LogP contribution >= 0.6 is 15.9 Å². The summed E-state index contributed by atoms with van der Waals surface area (Å²) in [7, 11) is 1.94. The molecule has 1 heterocycles. The molecule has 0 saturated carbocycles. The van der Waals surface area contributed by atoms with Crippen LogP contribution in [0.3, 0.4) is 0 Å². The first-order valence-electron chi connectivity index (χ1n) is 5.69. The number of benzene rings is 1. The number of rotatable bonds is 4. The van der Waals surface area contributed by atoms with E-state index in [1.807, 2.05) is 17.9 Å². The second-order valence-electron chi connectivity index (χ2n) is 3.96. The van der Waals surface area contributed by atoms with Gasteiger partial charge in [-0.05, 0) is 30.3 Å². The molecule has 0 amide bonds. The minimum Gasteiger partial charge on any atom is -0.305 e. The molecule has 2 rings (SSSR count). The highest BCUT2D eigenvalue weighted by atomic mass is 79.9. The van der Waals surface area contributed by atoms with Crippen molar-refractivity contribution in [2.75, 3.05) is 6.54 Å². The number of aryl methyl sites for hydroxylation is 1. The zero-order chi connectivity index (χ0) is 12.3. The predicted octanol–water partition coefficient (Wildman–Crippen LogP) is 2.88. The second kappa shape index (κ2) is 5.47. The smallest absolute Gasteiger partial charge is 0.0839 e. The molecule has 0 aliphatic carbocycles. The van der Waals surface area contributed by atoms with E-state index in [0.29, 0.717) is 0 Å². The zero-order valence-corrected chi connectivity index (χ0v) is 11.6. The number of halogens is 1. The standard InChI is InChI=1S/C13H16BrN3/c1-3-15-13(12-8-9-17(2)16-12)10-4-6-11(14)7-5-10/h4-9,13,15H,3H2,1-2H3. The maximum atomic E-state index is 4.47. The lowest BCUT2D eigenvalue weighted by Crippen LogP contribution is -2.22. The van der Waals surface area contributed by atoms with Crippen molar-refractivity contribution in [2.24, 2.45) is 7.05 Å². The first kappa shape index (κ1) is 12.3. The van der Waals surface area contributed by atoms with Gasteiger partial charge in [0.2, 0.25) is 0 Å². The molecule has 3 nitrogen and oxygen atoms in total. The average molecular weight is 294 g/mol. The number of nitrogens with one attached hydrogen (secondary N) is 1. The van der Waals surface area contributed by atoms with Crippen molar-refractivity contribution in [3.63, 3.8) is 0 Å². The Hall–Kier alpha value is -1.13. The van der Waals surface area contributed by atoms with E-state index in [4.69, 9.17) is 0 Å². The van der Waals surface area contributed by atoms with E-state index < -0.39 is 0 Å². The van der Waals surface area contributed by atoms with Gasteiger partial charge in [-0.1, -0.05) is 35.0 Å². The van der Waals surface area contributed by atoms with E-state index in [1.165, 1.54) is 5.56 Å². The summed E-state index contributed by atoms with van der Waals surface area (Å²) in [4.78, 5) is 0. The Kier molecular flexibility index (Phi) is 3.97. The van der Waals surface area contributed by atoms with Crippen molar-refractivity contribution in [1.82, 2.24) is 15.1 Å². The molecule has 4 heteroatoms. The fourth-order valence-corrected chi connectivity index (χ4v) is 2.10. The van der Waals surface area contributed by atoms with Gasteiger partial charge >= 0.3 is 0 Å². The molecule has 1 atom stereocenters. The highest BCUT2D eigenvalue weighted by Crippen LogP contribution is 2.22. The molecule has 17 heavy (non-hydrogen) atoms. The first-order valence-corrected chi connectivity index (χ1v) is 6.48. The van der Waals surface area contributed by atoms with Crippen molar-refractivity contribution in [1.29, 1.82) is 0 Å². The number of hydrogen-bond donors (Lipinski definition) is 1. The average Bonchev–Trinajstić information content (AvgIpc) is 2.74. The van der Waals surface area contributed by atoms with Gasteiger partial charge in [0.05, 0.1) is 11.7 Å². The summed E-state index contributed by atoms with van der Waals surface area (Å²) in [5.41, 5.74) is 2.28. The highest BCUT2D eigenvalue weighted by Gasteiger charge is 2.15. The molecule has 0 saturated heterocycles. The van der Waals surface area contributed by atoms with E-state index in [-0.39, 0.29) is 6.04 Å². The molecular formula is C13H16BrN3. The van der Waals surface area contributed by atoms with Crippen molar-refractivity contribution >= 4 is 15.9 Å². The number of aromatic nitrogens is 2. The van der Waals surface area contributed by atoms with Crippen LogP contribution in [0.1, 0.15) is 24.2 Å². The quantitative estimate of drug-likeness (QED) is 0.939. The van der Waals surface area contributed by atoms with Gasteiger partial charge in [0.15, 0.2) is 0 Å². The lowest BCUT2D eigenvalue weighted by Gasteiger charge is -2.16. The van der Waals surface area contributed by atoms with E-state index in [2.05, 4.69) is 63.6 Å². The van der Waals surface area contributed by atoms with Gasteiger partial charge < -0.3 is 5.32 Å². The minimum atomic E-state index is 0.161. The van der Waals surface area contributed by atoms with Gasteiger partial charge in [0.1, 0.15) is 0 Å². The number of hydrogen-bond acceptors (Lipinski definition) is 2. The molecular weight excluding hydrogens is 278 g/mol. The summed E-state index contributed by atoms with van der Waals surface area (Å²) in [6.45, 7) is 3.02. The third kappa shape index (κ3) is 2.96. The van der Waals surface area contributed by atoms with Gasteiger partial charge in [-0.15, -0.1) is 0 Å². The summed E-state index contributed by atoms with van der Waals surface area (Å²) in [5, 5.41) is 7.93.